The molecule has 2 saturated heterocycles. The number of rotatable bonds is 6. The second kappa shape index (κ2) is 9.74. The number of hydrogen-bond acceptors (Lipinski definition) is 9. The van der Waals surface area contributed by atoms with Crippen LogP contribution in [-0.4, -0.2) is 88.3 Å². The number of fused-ring (bicyclic) bond motifs is 1. The Morgan fingerprint density at radius 1 is 1.09 bits per heavy atom. The number of aryl methyl sites for hydroxylation is 1. The molecule has 0 radical (unpaired) electrons. The summed E-state index contributed by atoms with van der Waals surface area (Å²) in [6.07, 6.45) is 1.90. The Bertz CT molecular complexity index is 1220. The molecular formula is C22H29F2N9O2. The second-order valence-electron chi connectivity index (χ2n) is 9.01. The van der Waals surface area contributed by atoms with Crippen LogP contribution in [0.25, 0.3) is 11.2 Å². The molecular weight excluding hydrogens is 460 g/mol. The van der Waals surface area contributed by atoms with Crippen molar-refractivity contribution in [2.75, 3.05) is 62.2 Å². The molecule has 0 saturated carbocycles. The topological polar surface area (TPSA) is 121 Å². The maximum absolute atomic E-state index is 14.9. The number of halogens is 2. The lowest BCUT2D eigenvalue weighted by Gasteiger charge is -2.36. The zero-order valence-electron chi connectivity index (χ0n) is 19.6. The Morgan fingerprint density at radius 3 is 2.43 bits per heavy atom. The average molecular weight is 490 g/mol. The van der Waals surface area contributed by atoms with Gasteiger partial charge in [-0.2, -0.15) is 4.98 Å². The molecule has 35 heavy (non-hydrogen) atoms. The summed E-state index contributed by atoms with van der Waals surface area (Å²) in [4.78, 5) is 25.2. The third-order valence-corrected chi connectivity index (χ3v) is 6.64. The molecule has 0 aliphatic carbocycles. The number of ether oxygens (including phenoxy) is 1. The van der Waals surface area contributed by atoms with Crippen molar-refractivity contribution in [3.63, 3.8) is 0 Å². The lowest BCUT2D eigenvalue weighted by atomic mass is 10.1. The van der Waals surface area contributed by atoms with Gasteiger partial charge < -0.3 is 20.3 Å². The number of piperidine rings is 1. The fraction of sp³-hybridized carbons (Fsp3) is 0.545. The molecule has 11 nitrogen and oxygen atoms in total. The summed E-state index contributed by atoms with van der Waals surface area (Å²) in [7, 11) is 1.66. The Hall–Kier alpha value is -3.32. The van der Waals surface area contributed by atoms with E-state index >= 15 is 0 Å². The highest BCUT2D eigenvalue weighted by Gasteiger charge is 2.25. The molecule has 1 aromatic carbocycles. The minimum Gasteiger partial charge on any atom is -0.492 e. The third-order valence-electron chi connectivity index (χ3n) is 6.64. The van der Waals surface area contributed by atoms with Gasteiger partial charge in [-0.05, 0) is 25.9 Å². The van der Waals surface area contributed by atoms with Crippen LogP contribution in [-0.2, 0) is 7.05 Å². The normalized spacial score (nSPS) is 17.9. The van der Waals surface area contributed by atoms with Crippen molar-refractivity contribution in [1.82, 2.24) is 29.9 Å². The van der Waals surface area contributed by atoms with E-state index in [4.69, 9.17) is 10.5 Å². The van der Waals surface area contributed by atoms with Crippen LogP contribution in [0.2, 0.25) is 0 Å². The number of piperazine rings is 1. The van der Waals surface area contributed by atoms with E-state index in [1.165, 1.54) is 16.8 Å². The average Bonchev–Trinajstić information content (AvgIpc) is 3.22. The lowest BCUT2D eigenvalue weighted by Crippen LogP contribution is -2.48. The molecule has 0 spiro atoms. The summed E-state index contributed by atoms with van der Waals surface area (Å²) in [5, 5.41) is 7.63. The summed E-state index contributed by atoms with van der Waals surface area (Å²) in [6, 6.07) is 2.73. The zero-order chi connectivity index (χ0) is 24.5. The number of likely N-dealkylation sites (tertiary alicyclic amines) is 1. The number of hydrogen-bond donors (Lipinski definition) is 2. The van der Waals surface area contributed by atoms with Gasteiger partial charge in [-0.25, -0.2) is 13.5 Å². The number of nitrogens with one attached hydrogen (secondary N) is 1. The first-order valence-electron chi connectivity index (χ1n) is 11.8. The van der Waals surface area contributed by atoms with Gasteiger partial charge in [0.25, 0.3) is 5.56 Å². The van der Waals surface area contributed by atoms with Gasteiger partial charge >= 0.3 is 0 Å². The predicted octanol–water partition coefficient (Wildman–Crippen LogP) is 0.458. The minimum absolute atomic E-state index is 0.0743. The van der Waals surface area contributed by atoms with Crippen LogP contribution in [0.3, 0.4) is 0 Å². The first-order valence-corrected chi connectivity index (χ1v) is 11.8. The Morgan fingerprint density at radius 2 is 1.74 bits per heavy atom. The molecule has 2 aliphatic rings. The number of aromatic nitrogens is 5. The van der Waals surface area contributed by atoms with Crippen molar-refractivity contribution in [1.29, 1.82) is 0 Å². The SMILES string of the molecule is Cn1nnc2c(=O)[nH]c(N3CCN(c4c(F)cc(OCCN5CCC(N)CC5)cc4F)CC3)nc21. The second-order valence-corrected chi connectivity index (χ2v) is 9.01. The molecule has 0 atom stereocenters. The summed E-state index contributed by atoms with van der Waals surface area (Å²) in [5.74, 6) is -0.762. The van der Waals surface area contributed by atoms with E-state index in [-0.39, 0.29) is 28.6 Å². The maximum atomic E-state index is 14.9. The van der Waals surface area contributed by atoms with E-state index in [2.05, 4.69) is 25.2 Å². The molecule has 2 aliphatic heterocycles. The third kappa shape index (κ3) is 4.91. The van der Waals surface area contributed by atoms with Crippen LogP contribution in [0.1, 0.15) is 12.8 Å². The van der Waals surface area contributed by atoms with Gasteiger partial charge in [0.1, 0.15) is 18.0 Å². The first-order chi connectivity index (χ1) is 16.9. The monoisotopic (exact) mass is 489 g/mol. The van der Waals surface area contributed by atoms with Crippen molar-refractivity contribution in [3.8, 4) is 5.75 Å². The zero-order valence-corrected chi connectivity index (χ0v) is 19.6. The van der Waals surface area contributed by atoms with Crippen molar-refractivity contribution < 1.29 is 13.5 Å². The highest BCUT2D eigenvalue weighted by molar-refractivity contribution is 5.69. The van der Waals surface area contributed by atoms with Crippen LogP contribution >= 0.6 is 0 Å². The predicted molar refractivity (Wildman–Crippen MR) is 127 cm³/mol. The van der Waals surface area contributed by atoms with E-state index in [1.807, 2.05) is 4.90 Å². The van der Waals surface area contributed by atoms with Crippen LogP contribution in [0.15, 0.2) is 16.9 Å². The van der Waals surface area contributed by atoms with Gasteiger partial charge in [0.2, 0.25) is 5.95 Å². The number of benzene rings is 1. The lowest BCUT2D eigenvalue weighted by molar-refractivity contribution is 0.173. The first kappa shape index (κ1) is 23.4. The fourth-order valence-corrected chi connectivity index (χ4v) is 4.60. The molecule has 0 amide bonds. The van der Waals surface area contributed by atoms with Crippen LogP contribution in [0, 0.1) is 11.6 Å². The van der Waals surface area contributed by atoms with Gasteiger partial charge in [0.15, 0.2) is 22.8 Å². The Balaban J connectivity index is 1.20. The van der Waals surface area contributed by atoms with Crippen molar-refractivity contribution >= 4 is 22.8 Å². The van der Waals surface area contributed by atoms with Gasteiger partial charge in [0, 0.05) is 57.9 Å². The number of nitrogens with zero attached hydrogens (tertiary/aromatic N) is 7. The molecule has 3 aromatic rings. The number of H-pyrrole nitrogens is 1. The largest absolute Gasteiger partial charge is 0.492 e. The van der Waals surface area contributed by atoms with Gasteiger partial charge in [0.05, 0.1) is 0 Å². The van der Waals surface area contributed by atoms with E-state index < -0.39 is 11.6 Å². The Kier molecular flexibility index (Phi) is 6.52. The standard InChI is InChI=1S/C22H29F2N9O2/c1-30-20-18(28-29-30)21(34)27-22(26-20)33-8-6-32(7-9-33)19-16(23)12-15(13-17(19)24)35-11-10-31-4-2-14(25)3-5-31/h12-14H,2-11,25H2,1H3,(H,26,27,34). The fourth-order valence-electron chi connectivity index (χ4n) is 4.60. The van der Waals surface area contributed by atoms with E-state index in [0.29, 0.717) is 50.9 Å². The molecule has 4 heterocycles. The van der Waals surface area contributed by atoms with Crippen LogP contribution < -0.4 is 25.8 Å². The van der Waals surface area contributed by atoms with Crippen molar-refractivity contribution in [2.45, 2.75) is 18.9 Å². The number of aromatic amines is 1. The highest BCUT2D eigenvalue weighted by Crippen LogP contribution is 2.29. The van der Waals surface area contributed by atoms with E-state index in [9.17, 15) is 13.6 Å². The number of anilines is 2. The minimum atomic E-state index is -0.661. The molecule has 2 fully saturated rings. The van der Waals surface area contributed by atoms with Gasteiger partial charge in [-0.1, -0.05) is 5.21 Å². The molecule has 188 valence electrons. The Labute approximate surface area is 200 Å². The molecule has 2 aromatic heterocycles. The molecule has 0 bridgehead atoms. The van der Waals surface area contributed by atoms with Crippen molar-refractivity contribution in [3.05, 3.63) is 34.1 Å². The molecule has 3 N–H and O–H groups in total. The smallest absolute Gasteiger partial charge is 0.282 e. The summed E-state index contributed by atoms with van der Waals surface area (Å²) in [6.45, 7) is 4.44. The van der Waals surface area contributed by atoms with Gasteiger partial charge in [-0.15, -0.1) is 5.10 Å². The van der Waals surface area contributed by atoms with Crippen LogP contribution in [0.4, 0.5) is 20.4 Å². The summed E-state index contributed by atoms with van der Waals surface area (Å²) < 4.78 is 36.9. The number of nitrogens with two attached hydrogens (primary N) is 1. The van der Waals surface area contributed by atoms with E-state index in [0.717, 1.165) is 25.9 Å². The highest BCUT2D eigenvalue weighted by atomic mass is 19.1. The summed E-state index contributed by atoms with van der Waals surface area (Å²) >= 11 is 0. The van der Waals surface area contributed by atoms with Crippen LogP contribution in [0.5, 0.6) is 5.75 Å². The van der Waals surface area contributed by atoms with Gasteiger partial charge in [-0.3, -0.25) is 14.7 Å². The molecule has 5 rings (SSSR count). The maximum Gasteiger partial charge on any atom is 0.282 e. The quantitative estimate of drug-likeness (QED) is 0.509. The summed E-state index contributed by atoms with van der Waals surface area (Å²) in [5.41, 5.74) is 6.01. The molecule has 13 heteroatoms. The van der Waals surface area contributed by atoms with Crippen molar-refractivity contribution in [2.24, 2.45) is 12.8 Å². The molecule has 0 unspecified atom stereocenters. The van der Waals surface area contributed by atoms with E-state index in [1.54, 1.807) is 11.9 Å².